The summed E-state index contributed by atoms with van der Waals surface area (Å²) in [4.78, 5) is 12.0. The summed E-state index contributed by atoms with van der Waals surface area (Å²) in [5.41, 5.74) is 1.60. The first kappa shape index (κ1) is 13.9. The standard InChI is InChI=1S/C16H17NO3/c1-11-5-3-4-6-15(11)20-12(2)16(19)17-13-7-9-14(18)10-8-13/h3-10,12,18H,1-2H3,(H,17,19)/t12-/m0/s1. The predicted octanol–water partition coefficient (Wildman–Crippen LogP) is 3.11. The van der Waals surface area contributed by atoms with Gasteiger partial charge < -0.3 is 15.2 Å². The van der Waals surface area contributed by atoms with E-state index in [0.29, 0.717) is 11.4 Å². The summed E-state index contributed by atoms with van der Waals surface area (Å²) in [6.45, 7) is 3.63. The fourth-order valence-electron chi connectivity index (χ4n) is 1.72. The molecule has 0 aliphatic rings. The lowest BCUT2D eigenvalue weighted by Gasteiger charge is -2.16. The maximum absolute atomic E-state index is 12.0. The van der Waals surface area contributed by atoms with Crippen molar-refractivity contribution >= 4 is 11.6 Å². The van der Waals surface area contributed by atoms with Crippen molar-refractivity contribution in [3.8, 4) is 11.5 Å². The first-order valence-corrected chi connectivity index (χ1v) is 6.38. The molecule has 0 heterocycles. The Kier molecular flexibility index (Phi) is 4.25. The molecule has 0 aromatic heterocycles. The molecule has 20 heavy (non-hydrogen) atoms. The van der Waals surface area contributed by atoms with Crippen LogP contribution < -0.4 is 10.1 Å². The van der Waals surface area contributed by atoms with Crippen molar-refractivity contribution in [2.45, 2.75) is 20.0 Å². The number of para-hydroxylation sites is 1. The average Bonchev–Trinajstić information content (AvgIpc) is 2.44. The fraction of sp³-hybridized carbons (Fsp3) is 0.188. The number of hydrogen-bond donors (Lipinski definition) is 2. The second kappa shape index (κ2) is 6.10. The van der Waals surface area contributed by atoms with E-state index in [1.54, 1.807) is 19.1 Å². The number of phenolic OH excluding ortho intramolecular Hbond substituents is 1. The zero-order valence-corrected chi connectivity index (χ0v) is 11.5. The summed E-state index contributed by atoms with van der Waals surface area (Å²) >= 11 is 0. The van der Waals surface area contributed by atoms with E-state index in [9.17, 15) is 9.90 Å². The quantitative estimate of drug-likeness (QED) is 0.840. The van der Waals surface area contributed by atoms with Gasteiger partial charge in [-0.3, -0.25) is 4.79 Å². The van der Waals surface area contributed by atoms with Crippen LogP contribution in [0, 0.1) is 6.92 Å². The van der Waals surface area contributed by atoms with Crippen LogP contribution in [0.2, 0.25) is 0 Å². The summed E-state index contributed by atoms with van der Waals surface area (Å²) in [6.07, 6.45) is -0.607. The highest BCUT2D eigenvalue weighted by atomic mass is 16.5. The third kappa shape index (κ3) is 3.51. The zero-order chi connectivity index (χ0) is 14.5. The van der Waals surface area contributed by atoms with E-state index >= 15 is 0 Å². The second-order valence-corrected chi connectivity index (χ2v) is 4.56. The molecular weight excluding hydrogens is 254 g/mol. The minimum absolute atomic E-state index is 0.159. The topological polar surface area (TPSA) is 58.6 Å². The minimum Gasteiger partial charge on any atom is -0.508 e. The molecule has 1 atom stereocenters. The lowest BCUT2D eigenvalue weighted by Crippen LogP contribution is -2.30. The van der Waals surface area contributed by atoms with Gasteiger partial charge in [-0.05, 0) is 49.7 Å². The number of hydrogen-bond acceptors (Lipinski definition) is 3. The number of aromatic hydroxyl groups is 1. The number of carbonyl (C=O) groups is 1. The minimum atomic E-state index is -0.607. The van der Waals surface area contributed by atoms with Crippen LogP contribution in [0.5, 0.6) is 11.5 Å². The summed E-state index contributed by atoms with van der Waals surface area (Å²) in [5, 5.41) is 11.9. The van der Waals surface area contributed by atoms with E-state index in [0.717, 1.165) is 5.56 Å². The van der Waals surface area contributed by atoms with Gasteiger partial charge >= 0.3 is 0 Å². The first-order chi connectivity index (χ1) is 9.56. The van der Waals surface area contributed by atoms with Crippen LogP contribution in [0.25, 0.3) is 0 Å². The first-order valence-electron chi connectivity index (χ1n) is 6.38. The third-order valence-corrected chi connectivity index (χ3v) is 2.90. The molecule has 1 amide bonds. The number of rotatable bonds is 4. The lowest BCUT2D eigenvalue weighted by molar-refractivity contribution is -0.122. The van der Waals surface area contributed by atoms with E-state index in [1.807, 2.05) is 31.2 Å². The van der Waals surface area contributed by atoms with Gasteiger partial charge in [0, 0.05) is 5.69 Å². The largest absolute Gasteiger partial charge is 0.508 e. The number of phenols is 1. The fourth-order valence-corrected chi connectivity index (χ4v) is 1.72. The number of amides is 1. The van der Waals surface area contributed by atoms with Gasteiger partial charge in [-0.15, -0.1) is 0 Å². The van der Waals surface area contributed by atoms with Crippen LogP contribution in [-0.2, 0) is 4.79 Å². The summed E-state index contributed by atoms with van der Waals surface area (Å²) in [7, 11) is 0. The normalized spacial score (nSPS) is 11.7. The van der Waals surface area contributed by atoms with Crippen LogP contribution in [0.1, 0.15) is 12.5 Å². The Morgan fingerprint density at radius 2 is 1.80 bits per heavy atom. The summed E-state index contributed by atoms with van der Waals surface area (Å²) in [5.74, 6) is 0.618. The van der Waals surface area contributed by atoms with Gasteiger partial charge in [0.25, 0.3) is 5.91 Å². The molecule has 0 spiro atoms. The smallest absolute Gasteiger partial charge is 0.265 e. The molecular formula is C16H17NO3. The van der Waals surface area contributed by atoms with Crippen LogP contribution in [0.4, 0.5) is 5.69 Å². The summed E-state index contributed by atoms with van der Waals surface area (Å²) in [6, 6.07) is 13.8. The molecule has 4 nitrogen and oxygen atoms in total. The molecule has 104 valence electrons. The molecule has 2 aromatic rings. The molecule has 0 aliphatic heterocycles. The number of anilines is 1. The number of benzene rings is 2. The van der Waals surface area contributed by atoms with Crippen molar-refractivity contribution in [1.82, 2.24) is 0 Å². The van der Waals surface area contributed by atoms with Crippen LogP contribution in [0.15, 0.2) is 48.5 Å². The molecule has 2 rings (SSSR count). The number of nitrogens with one attached hydrogen (secondary N) is 1. The number of ether oxygens (including phenoxy) is 1. The molecule has 0 unspecified atom stereocenters. The molecule has 2 aromatic carbocycles. The lowest BCUT2D eigenvalue weighted by atomic mass is 10.2. The molecule has 0 aliphatic carbocycles. The molecule has 0 fully saturated rings. The molecule has 0 saturated carbocycles. The van der Waals surface area contributed by atoms with Crippen molar-refractivity contribution in [2.24, 2.45) is 0 Å². The van der Waals surface area contributed by atoms with Crippen LogP contribution in [0.3, 0.4) is 0 Å². The van der Waals surface area contributed by atoms with Gasteiger partial charge in [0.15, 0.2) is 6.10 Å². The average molecular weight is 271 g/mol. The molecule has 0 radical (unpaired) electrons. The number of aryl methyl sites for hydroxylation is 1. The van der Waals surface area contributed by atoms with Gasteiger partial charge in [0.1, 0.15) is 11.5 Å². The van der Waals surface area contributed by atoms with Gasteiger partial charge in [-0.25, -0.2) is 0 Å². The van der Waals surface area contributed by atoms with Gasteiger partial charge in [0.05, 0.1) is 0 Å². The van der Waals surface area contributed by atoms with Gasteiger partial charge in [-0.1, -0.05) is 18.2 Å². The highest BCUT2D eigenvalue weighted by molar-refractivity contribution is 5.94. The third-order valence-electron chi connectivity index (χ3n) is 2.90. The van der Waals surface area contributed by atoms with Crippen LogP contribution >= 0.6 is 0 Å². The van der Waals surface area contributed by atoms with Crippen molar-refractivity contribution in [1.29, 1.82) is 0 Å². The van der Waals surface area contributed by atoms with Gasteiger partial charge in [-0.2, -0.15) is 0 Å². The SMILES string of the molecule is Cc1ccccc1O[C@@H](C)C(=O)Nc1ccc(O)cc1. The van der Waals surface area contributed by atoms with Crippen LogP contribution in [-0.4, -0.2) is 17.1 Å². The van der Waals surface area contributed by atoms with E-state index in [-0.39, 0.29) is 11.7 Å². The van der Waals surface area contributed by atoms with Crippen molar-refractivity contribution in [2.75, 3.05) is 5.32 Å². The highest BCUT2D eigenvalue weighted by Crippen LogP contribution is 2.19. The number of carbonyl (C=O) groups excluding carboxylic acids is 1. The Balaban J connectivity index is 1.99. The summed E-state index contributed by atoms with van der Waals surface area (Å²) < 4.78 is 5.64. The maximum atomic E-state index is 12.0. The van der Waals surface area contributed by atoms with Crippen molar-refractivity contribution < 1.29 is 14.6 Å². The Morgan fingerprint density at radius 3 is 2.45 bits per heavy atom. The molecule has 2 N–H and O–H groups in total. The van der Waals surface area contributed by atoms with Crippen molar-refractivity contribution in [3.05, 3.63) is 54.1 Å². The van der Waals surface area contributed by atoms with E-state index in [1.165, 1.54) is 12.1 Å². The Labute approximate surface area is 118 Å². The van der Waals surface area contributed by atoms with Crippen molar-refractivity contribution in [3.63, 3.8) is 0 Å². The molecule has 0 saturated heterocycles. The Hall–Kier alpha value is -2.49. The predicted molar refractivity (Wildman–Crippen MR) is 78.0 cm³/mol. The van der Waals surface area contributed by atoms with Gasteiger partial charge in [0.2, 0.25) is 0 Å². The van der Waals surface area contributed by atoms with E-state index in [2.05, 4.69) is 5.32 Å². The van der Waals surface area contributed by atoms with E-state index < -0.39 is 6.10 Å². The zero-order valence-electron chi connectivity index (χ0n) is 11.5. The maximum Gasteiger partial charge on any atom is 0.265 e. The highest BCUT2D eigenvalue weighted by Gasteiger charge is 2.15. The molecule has 0 bridgehead atoms. The van der Waals surface area contributed by atoms with E-state index in [4.69, 9.17) is 4.74 Å². The second-order valence-electron chi connectivity index (χ2n) is 4.56. The monoisotopic (exact) mass is 271 g/mol. The Morgan fingerprint density at radius 1 is 1.15 bits per heavy atom. The Bertz CT molecular complexity index is 593. The molecule has 4 heteroatoms.